The van der Waals surface area contributed by atoms with Gasteiger partial charge < -0.3 is 4.90 Å². The summed E-state index contributed by atoms with van der Waals surface area (Å²) < 4.78 is 0. The van der Waals surface area contributed by atoms with Crippen LogP contribution in [0, 0.1) is 0 Å². The summed E-state index contributed by atoms with van der Waals surface area (Å²) in [7, 11) is 0. The van der Waals surface area contributed by atoms with Crippen molar-refractivity contribution < 1.29 is 4.79 Å². The largest absolute Gasteiger partial charge is 0.321 e. The molecule has 4 nitrogen and oxygen atoms in total. The first-order chi connectivity index (χ1) is 12.8. The van der Waals surface area contributed by atoms with Crippen molar-refractivity contribution in [2.45, 2.75) is 32.4 Å². The van der Waals surface area contributed by atoms with Gasteiger partial charge in [-0.25, -0.2) is 0 Å². The van der Waals surface area contributed by atoms with Gasteiger partial charge in [-0.3, -0.25) is 9.89 Å². The zero-order valence-corrected chi connectivity index (χ0v) is 16.8. The number of carbonyl (C=O) groups is 1. The number of hydrogen-bond donors (Lipinski definition) is 1. The predicted molar refractivity (Wildman–Crippen MR) is 108 cm³/mol. The molecule has 138 valence electrons. The van der Waals surface area contributed by atoms with Crippen LogP contribution in [0.25, 0.3) is 11.3 Å². The van der Waals surface area contributed by atoms with Gasteiger partial charge in [0.25, 0.3) is 5.91 Å². The monoisotopic (exact) mass is 399 g/mol. The van der Waals surface area contributed by atoms with Crippen molar-refractivity contribution in [3.8, 4) is 11.3 Å². The second kappa shape index (κ2) is 6.39. The Hall–Kier alpha value is -2.30. The third-order valence-electron chi connectivity index (χ3n) is 4.77. The van der Waals surface area contributed by atoms with Gasteiger partial charge in [-0.2, -0.15) is 5.10 Å². The number of halogens is 2. The van der Waals surface area contributed by atoms with Crippen molar-refractivity contribution in [3.05, 3.63) is 75.4 Å². The third kappa shape index (κ3) is 3.03. The molecule has 0 saturated heterocycles. The molecule has 3 aromatic rings. The number of rotatable bonds is 2. The van der Waals surface area contributed by atoms with E-state index < -0.39 is 0 Å². The Balaban J connectivity index is 1.95. The average Bonchev–Trinajstić information content (AvgIpc) is 3.14. The van der Waals surface area contributed by atoms with Crippen LogP contribution in [0.4, 0.5) is 0 Å². The summed E-state index contributed by atoms with van der Waals surface area (Å²) in [6.07, 6.45) is 0. The van der Waals surface area contributed by atoms with Gasteiger partial charge in [-0.15, -0.1) is 0 Å². The first kappa shape index (κ1) is 18.1. The Morgan fingerprint density at radius 2 is 1.74 bits per heavy atom. The molecule has 1 aliphatic rings. The summed E-state index contributed by atoms with van der Waals surface area (Å²) in [5, 5.41) is 8.71. The van der Waals surface area contributed by atoms with Crippen molar-refractivity contribution in [2.24, 2.45) is 0 Å². The molecule has 1 aliphatic heterocycles. The molecule has 1 atom stereocenters. The minimum atomic E-state index is -0.374. The van der Waals surface area contributed by atoms with E-state index in [1.165, 1.54) is 0 Å². The average molecular weight is 400 g/mol. The number of H-pyrrole nitrogens is 1. The molecule has 0 spiro atoms. The van der Waals surface area contributed by atoms with Crippen molar-refractivity contribution in [3.63, 3.8) is 0 Å². The zero-order valence-electron chi connectivity index (χ0n) is 15.3. The third-order valence-corrected chi connectivity index (χ3v) is 5.26. The number of nitrogens with one attached hydrogen (secondary N) is 1. The molecule has 0 aliphatic carbocycles. The lowest BCUT2D eigenvalue weighted by Gasteiger charge is -2.37. The van der Waals surface area contributed by atoms with E-state index >= 15 is 0 Å². The maximum atomic E-state index is 13.2. The number of aromatic nitrogens is 2. The summed E-state index contributed by atoms with van der Waals surface area (Å²) in [6, 6.07) is 14.9. The molecule has 1 unspecified atom stereocenters. The Kier molecular flexibility index (Phi) is 4.28. The fraction of sp³-hybridized carbons (Fsp3) is 0.238. The standard InChI is InChI=1S/C21H19Cl2N3O/c1-21(2,3)26-19(13-5-4-6-15(23)11-13)16-17(24-25-18(16)20(26)27)12-7-9-14(22)10-8-12/h4-11,19H,1-3H3,(H,24,25). The molecule has 4 rings (SSSR count). The summed E-state index contributed by atoms with van der Waals surface area (Å²) in [6.45, 7) is 6.09. The van der Waals surface area contributed by atoms with Crippen LogP contribution < -0.4 is 0 Å². The number of aromatic amines is 1. The first-order valence-corrected chi connectivity index (χ1v) is 9.46. The molecule has 0 fully saturated rings. The van der Waals surface area contributed by atoms with Gasteiger partial charge in [0.05, 0.1) is 11.7 Å². The number of carbonyl (C=O) groups excluding carboxylic acids is 1. The van der Waals surface area contributed by atoms with Gasteiger partial charge in [-0.05, 0) is 50.6 Å². The summed E-state index contributed by atoms with van der Waals surface area (Å²) in [5.41, 5.74) is 3.65. The first-order valence-electron chi connectivity index (χ1n) is 8.70. The van der Waals surface area contributed by atoms with E-state index in [1.807, 2.05) is 74.2 Å². The van der Waals surface area contributed by atoms with E-state index in [9.17, 15) is 4.79 Å². The van der Waals surface area contributed by atoms with Gasteiger partial charge in [0.2, 0.25) is 0 Å². The lowest BCUT2D eigenvalue weighted by atomic mass is 9.94. The highest BCUT2D eigenvalue weighted by atomic mass is 35.5. The van der Waals surface area contributed by atoms with E-state index in [2.05, 4.69) is 10.2 Å². The second-order valence-corrected chi connectivity index (χ2v) is 8.54. The SMILES string of the molecule is CC(C)(C)N1C(=O)c2[nH]nc(-c3ccc(Cl)cc3)c2C1c1cccc(Cl)c1. The van der Waals surface area contributed by atoms with Crippen LogP contribution in [0.2, 0.25) is 10.0 Å². The number of amides is 1. The molecule has 1 N–H and O–H groups in total. The molecule has 27 heavy (non-hydrogen) atoms. The van der Waals surface area contributed by atoms with Gasteiger partial charge >= 0.3 is 0 Å². The van der Waals surface area contributed by atoms with Crippen LogP contribution >= 0.6 is 23.2 Å². The van der Waals surface area contributed by atoms with E-state index in [0.29, 0.717) is 15.7 Å². The fourth-order valence-electron chi connectivity index (χ4n) is 3.66. The lowest BCUT2D eigenvalue weighted by molar-refractivity contribution is 0.0546. The molecule has 6 heteroatoms. The highest BCUT2D eigenvalue weighted by molar-refractivity contribution is 6.31. The Morgan fingerprint density at radius 3 is 2.37 bits per heavy atom. The molecule has 2 heterocycles. The molecule has 0 saturated carbocycles. The summed E-state index contributed by atoms with van der Waals surface area (Å²) in [4.78, 5) is 15.1. The Bertz CT molecular complexity index is 1020. The van der Waals surface area contributed by atoms with Crippen molar-refractivity contribution in [2.75, 3.05) is 0 Å². The number of nitrogens with zero attached hydrogens (tertiary/aromatic N) is 2. The smallest absolute Gasteiger partial charge is 0.273 e. The van der Waals surface area contributed by atoms with E-state index in [1.54, 1.807) is 0 Å². The fourth-order valence-corrected chi connectivity index (χ4v) is 3.98. The minimum Gasteiger partial charge on any atom is -0.321 e. The molecular weight excluding hydrogens is 381 g/mol. The maximum Gasteiger partial charge on any atom is 0.273 e. The van der Waals surface area contributed by atoms with Crippen molar-refractivity contribution in [1.29, 1.82) is 0 Å². The van der Waals surface area contributed by atoms with E-state index in [0.717, 1.165) is 22.4 Å². The Labute approximate surface area is 168 Å². The quantitative estimate of drug-likeness (QED) is 0.598. The van der Waals surface area contributed by atoms with Crippen LogP contribution in [0.5, 0.6) is 0 Å². The molecule has 2 aromatic carbocycles. The summed E-state index contributed by atoms with van der Waals surface area (Å²) in [5.74, 6) is -0.0600. The van der Waals surface area contributed by atoms with Crippen LogP contribution in [0.15, 0.2) is 48.5 Å². The van der Waals surface area contributed by atoms with Crippen LogP contribution in [0.1, 0.15) is 48.4 Å². The van der Waals surface area contributed by atoms with E-state index in [-0.39, 0.29) is 17.5 Å². The second-order valence-electron chi connectivity index (χ2n) is 7.67. The highest BCUT2D eigenvalue weighted by Crippen LogP contribution is 2.46. The van der Waals surface area contributed by atoms with Crippen molar-refractivity contribution in [1.82, 2.24) is 15.1 Å². The van der Waals surface area contributed by atoms with Gasteiger partial charge in [0, 0.05) is 26.7 Å². The van der Waals surface area contributed by atoms with Crippen LogP contribution in [0.3, 0.4) is 0 Å². The highest BCUT2D eigenvalue weighted by Gasteiger charge is 2.46. The zero-order chi connectivity index (χ0) is 19.3. The normalized spacial score (nSPS) is 16.7. The predicted octanol–water partition coefficient (Wildman–Crippen LogP) is 5.73. The van der Waals surface area contributed by atoms with Gasteiger partial charge in [-0.1, -0.05) is 47.5 Å². The minimum absolute atomic E-state index is 0.0600. The molecule has 1 amide bonds. The number of hydrogen-bond acceptors (Lipinski definition) is 2. The molecule has 0 radical (unpaired) electrons. The topological polar surface area (TPSA) is 49.0 Å². The molecule has 0 bridgehead atoms. The lowest BCUT2D eigenvalue weighted by Crippen LogP contribution is -2.44. The molecule has 1 aromatic heterocycles. The Morgan fingerprint density at radius 1 is 1.04 bits per heavy atom. The summed E-state index contributed by atoms with van der Waals surface area (Å²) >= 11 is 12.3. The maximum absolute atomic E-state index is 13.2. The number of benzene rings is 2. The molecular formula is C21H19Cl2N3O. The van der Waals surface area contributed by atoms with Crippen LogP contribution in [-0.2, 0) is 0 Å². The van der Waals surface area contributed by atoms with E-state index in [4.69, 9.17) is 23.2 Å². The van der Waals surface area contributed by atoms with Crippen molar-refractivity contribution >= 4 is 29.1 Å². The van der Waals surface area contributed by atoms with Gasteiger partial charge in [0.1, 0.15) is 5.69 Å². The van der Waals surface area contributed by atoms with Crippen LogP contribution in [-0.4, -0.2) is 26.5 Å². The van der Waals surface area contributed by atoms with Gasteiger partial charge in [0.15, 0.2) is 0 Å². The number of fused-ring (bicyclic) bond motifs is 1.